The molecule has 0 atom stereocenters. The predicted octanol–water partition coefficient (Wildman–Crippen LogP) is 3.24. The molecule has 92 valence electrons. The lowest BCUT2D eigenvalue weighted by Crippen LogP contribution is -2.32. The summed E-state index contributed by atoms with van der Waals surface area (Å²) in [6, 6.07) is 4.25. The highest BCUT2D eigenvalue weighted by molar-refractivity contribution is 5.91. The fraction of sp³-hybridized carbons (Fsp3) is 0.500. The topological polar surface area (TPSA) is 32.3 Å². The number of hydrogen-bond acceptors (Lipinski definition) is 1. The number of benzene rings is 1. The van der Waals surface area contributed by atoms with E-state index in [0.717, 1.165) is 42.7 Å². The van der Waals surface area contributed by atoms with E-state index in [-0.39, 0.29) is 6.03 Å². The van der Waals surface area contributed by atoms with Crippen molar-refractivity contribution >= 4 is 11.7 Å². The Morgan fingerprint density at radius 1 is 1.12 bits per heavy atom. The number of carbonyl (C=O) groups is 1. The molecule has 1 N–H and O–H groups in total. The molecular weight excluding hydrogens is 212 g/mol. The minimum absolute atomic E-state index is 0.0394. The third kappa shape index (κ3) is 2.60. The minimum atomic E-state index is 0.0394. The van der Waals surface area contributed by atoms with Gasteiger partial charge in [0.25, 0.3) is 0 Å². The highest BCUT2D eigenvalue weighted by atomic mass is 16.2. The molecule has 3 heteroatoms. The van der Waals surface area contributed by atoms with Gasteiger partial charge in [0.2, 0.25) is 0 Å². The Bertz CT molecular complexity index is 411. The Balaban J connectivity index is 2.15. The summed E-state index contributed by atoms with van der Waals surface area (Å²) in [5, 5.41) is 3.03. The van der Waals surface area contributed by atoms with Crippen LogP contribution in [0.4, 0.5) is 10.5 Å². The molecule has 2 rings (SSSR count). The summed E-state index contributed by atoms with van der Waals surface area (Å²) in [6.07, 6.45) is 2.25. The van der Waals surface area contributed by atoms with Crippen molar-refractivity contribution in [2.45, 2.75) is 33.6 Å². The number of rotatable bonds is 1. The normalized spacial score (nSPS) is 15.1. The average Bonchev–Trinajstić information content (AvgIpc) is 2.76. The molecule has 0 unspecified atom stereocenters. The standard InChI is InChI=1S/C14H20N2O/c1-10-8-11(2)13(12(3)9-10)15-14(17)16-6-4-5-7-16/h8-9H,4-7H2,1-3H3,(H,15,17). The van der Waals surface area contributed by atoms with Crippen LogP contribution in [0, 0.1) is 20.8 Å². The van der Waals surface area contributed by atoms with Crippen LogP contribution in [-0.4, -0.2) is 24.0 Å². The van der Waals surface area contributed by atoms with Crippen LogP contribution in [0.2, 0.25) is 0 Å². The first kappa shape index (κ1) is 12.0. The van der Waals surface area contributed by atoms with E-state index in [0.29, 0.717) is 0 Å². The van der Waals surface area contributed by atoms with Crippen molar-refractivity contribution < 1.29 is 4.79 Å². The molecular formula is C14H20N2O. The number of nitrogens with zero attached hydrogens (tertiary/aromatic N) is 1. The molecule has 0 aliphatic carbocycles. The van der Waals surface area contributed by atoms with E-state index in [1.807, 2.05) is 18.7 Å². The van der Waals surface area contributed by atoms with Gasteiger partial charge in [0.05, 0.1) is 0 Å². The smallest absolute Gasteiger partial charge is 0.321 e. The summed E-state index contributed by atoms with van der Waals surface area (Å²) in [6.45, 7) is 7.93. The summed E-state index contributed by atoms with van der Waals surface area (Å²) >= 11 is 0. The number of urea groups is 1. The number of nitrogens with one attached hydrogen (secondary N) is 1. The van der Waals surface area contributed by atoms with E-state index in [2.05, 4.69) is 24.4 Å². The maximum absolute atomic E-state index is 12.0. The average molecular weight is 232 g/mol. The maximum Gasteiger partial charge on any atom is 0.321 e. The van der Waals surface area contributed by atoms with Crippen molar-refractivity contribution in [1.29, 1.82) is 0 Å². The van der Waals surface area contributed by atoms with Crippen molar-refractivity contribution in [2.75, 3.05) is 18.4 Å². The van der Waals surface area contributed by atoms with Crippen molar-refractivity contribution in [3.63, 3.8) is 0 Å². The number of likely N-dealkylation sites (tertiary alicyclic amines) is 1. The summed E-state index contributed by atoms with van der Waals surface area (Å²) in [5.74, 6) is 0. The van der Waals surface area contributed by atoms with Crippen molar-refractivity contribution in [3.05, 3.63) is 28.8 Å². The van der Waals surface area contributed by atoms with Crippen LogP contribution in [0.5, 0.6) is 0 Å². The van der Waals surface area contributed by atoms with E-state index >= 15 is 0 Å². The molecule has 1 aromatic rings. The van der Waals surface area contributed by atoms with Crippen LogP contribution < -0.4 is 5.32 Å². The second kappa shape index (κ2) is 4.78. The van der Waals surface area contributed by atoms with Gasteiger partial charge in [-0.1, -0.05) is 17.7 Å². The lowest BCUT2D eigenvalue weighted by atomic mass is 10.1. The largest absolute Gasteiger partial charge is 0.325 e. The highest BCUT2D eigenvalue weighted by Gasteiger charge is 2.18. The zero-order valence-electron chi connectivity index (χ0n) is 10.8. The third-order valence-electron chi connectivity index (χ3n) is 3.30. The fourth-order valence-corrected chi connectivity index (χ4v) is 2.48. The first-order valence-corrected chi connectivity index (χ1v) is 6.21. The van der Waals surface area contributed by atoms with Crippen LogP contribution in [0.25, 0.3) is 0 Å². The quantitative estimate of drug-likeness (QED) is 0.792. The van der Waals surface area contributed by atoms with Gasteiger partial charge in [0.1, 0.15) is 0 Å². The summed E-state index contributed by atoms with van der Waals surface area (Å²) in [7, 11) is 0. The van der Waals surface area contributed by atoms with E-state index in [1.165, 1.54) is 5.56 Å². The molecule has 1 heterocycles. The first-order valence-electron chi connectivity index (χ1n) is 6.21. The van der Waals surface area contributed by atoms with Gasteiger partial charge in [-0.25, -0.2) is 4.79 Å². The SMILES string of the molecule is Cc1cc(C)c(NC(=O)N2CCCC2)c(C)c1. The summed E-state index contributed by atoms with van der Waals surface area (Å²) < 4.78 is 0. The molecule has 17 heavy (non-hydrogen) atoms. The Labute approximate surface area is 103 Å². The van der Waals surface area contributed by atoms with Gasteiger partial charge in [-0.3, -0.25) is 0 Å². The molecule has 3 nitrogen and oxygen atoms in total. The fourth-order valence-electron chi connectivity index (χ4n) is 2.48. The van der Waals surface area contributed by atoms with E-state index in [1.54, 1.807) is 0 Å². The molecule has 0 saturated carbocycles. The number of aryl methyl sites for hydroxylation is 3. The number of amides is 2. The lowest BCUT2D eigenvalue weighted by Gasteiger charge is -2.19. The van der Waals surface area contributed by atoms with Crippen LogP contribution in [0.3, 0.4) is 0 Å². The highest BCUT2D eigenvalue weighted by Crippen LogP contribution is 2.22. The van der Waals surface area contributed by atoms with Gasteiger partial charge < -0.3 is 10.2 Å². The van der Waals surface area contributed by atoms with Gasteiger partial charge >= 0.3 is 6.03 Å². The molecule has 0 radical (unpaired) electrons. The molecule has 0 spiro atoms. The molecule has 0 aromatic heterocycles. The second-order valence-electron chi connectivity index (χ2n) is 4.90. The van der Waals surface area contributed by atoms with Crippen LogP contribution in [0.15, 0.2) is 12.1 Å². The van der Waals surface area contributed by atoms with Crippen molar-refractivity contribution in [3.8, 4) is 0 Å². The zero-order chi connectivity index (χ0) is 12.4. The molecule has 1 saturated heterocycles. The van der Waals surface area contributed by atoms with Gasteiger partial charge in [0.15, 0.2) is 0 Å². The molecule has 1 aromatic carbocycles. The zero-order valence-corrected chi connectivity index (χ0v) is 10.8. The molecule has 2 amide bonds. The minimum Gasteiger partial charge on any atom is -0.325 e. The Morgan fingerprint density at radius 3 is 2.18 bits per heavy atom. The maximum atomic E-state index is 12.0. The first-order chi connectivity index (χ1) is 8.08. The summed E-state index contributed by atoms with van der Waals surface area (Å²) in [4.78, 5) is 13.9. The number of carbonyl (C=O) groups excluding carboxylic acids is 1. The Kier molecular flexibility index (Phi) is 3.36. The van der Waals surface area contributed by atoms with E-state index < -0.39 is 0 Å². The third-order valence-corrected chi connectivity index (χ3v) is 3.30. The molecule has 1 aliphatic heterocycles. The van der Waals surface area contributed by atoms with Crippen LogP contribution in [-0.2, 0) is 0 Å². The lowest BCUT2D eigenvalue weighted by molar-refractivity contribution is 0.222. The molecule has 1 fully saturated rings. The van der Waals surface area contributed by atoms with Crippen LogP contribution in [0.1, 0.15) is 29.5 Å². The van der Waals surface area contributed by atoms with Crippen molar-refractivity contribution in [2.24, 2.45) is 0 Å². The van der Waals surface area contributed by atoms with Gasteiger partial charge in [-0.2, -0.15) is 0 Å². The number of hydrogen-bond donors (Lipinski definition) is 1. The predicted molar refractivity (Wildman–Crippen MR) is 70.5 cm³/mol. The Morgan fingerprint density at radius 2 is 1.65 bits per heavy atom. The monoisotopic (exact) mass is 232 g/mol. The summed E-state index contributed by atoms with van der Waals surface area (Å²) in [5.41, 5.74) is 4.47. The Hall–Kier alpha value is -1.51. The van der Waals surface area contributed by atoms with Gasteiger partial charge in [0, 0.05) is 18.8 Å². The van der Waals surface area contributed by atoms with Crippen LogP contribution >= 0.6 is 0 Å². The number of anilines is 1. The van der Waals surface area contributed by atoms with Gasteiger partial charge in [-0.05, 0) is 44.7 Å². The van der Waals surface area contributed by atoms with E-state index in [4.69, 9.17) is 0 Å². The second-order valence-corrected chi connectivity index (χ2v) is 4.90. The molecule has 0 bridgehead atoms. The molecule has 1 aliphatic rings. The van der Waals surface area contributed by atoms with Gasteiger partial charge in [-0.15, -0.1) is 0 Å². The van der Waals surface area contributed by atoms with Crippen molar-refractivity contribution in [1.82, 2.24) is 4.90 Å². The van der Waals surface area contributed by atoms with E-state index in [9.17, 15) is 4.79 Å².